The molecule has 0 aliphatic heterocycles. The summed E-state index contributed by atoms with van der Waals surface area (Å²) in [5.74, 6) is -0.909. The molecule has 0 saturated heterocycles. The summed E-state index contributed by atoms with van der Waals surface area (Å²) in [6.07, 6.45) is 70.7. The van der Waals surface area contributed by atoms with E-state index in [0.29, 0.717) is 19.3 Å². The van der Waals surface area contributed by atoms with Gasteiger partial charge in [0.15, 0.2) is 6.10 Å². The summed E-state index contributed by atoms with van der Waals surface area (Å²) >= 11 is 0. The summed E-state index contributed by atoms with van der Waals surface area (Å²) in [6, 6.07) is 0. The van der Waals surface area contributed by atoms with Crippen LogP contribution in [0.4, 0.5) is 0 Å². The third-order valence-corrected chi connectivity index (χ3v) is 12.2. The summed E-state index contributed by atoms with van der Waals surface area (Å²) < 4.78 is 16.7. The molecule has 0 saturated carbocycles. The Morgan fingerprint density at radius 3 is 0.910 bits per heavy atom. The second-order valence-electron chi connectivity index (χ2n) is 18.8. The van der Waals surface area contributed by atoms with Gasteiger partial charge in [0.2, 0.25) is 0 Å². The minimum Gasteiger partial charge on any atom is -0.462 e. The zero-order chi connectivity index (χ0) is 48.6. The summed E-state index contributed by atoms with van der Waals surface area (Å²) in [6.45, 7) is 6.47. The molecule has 0 bridgehead atoms. The Bertz CT molecular complexity index is 1260. The first kappa shape index (κ1) is 63.8. The fourth-order valence-electron chi connectivity index (χ4n) is 7.98. The van der Waals surface area contributed by atoms with Gasteiger partial charge in [-0.3, -0.25) is 14.4 Å². The largest absolute Gasteiger partial charge is 0.462 e. The highest BCUT2D eigenvalue weighted by atomic mass is 16.6. The van der Waals surface area contributed by atoms with Gasteiger partial charge >= 0.3 is 17.9 Å². The van der Waals surface area contributed by atoms with Crippen molar-refractivity contribution in [3.63, 3.8) is 0 Å². The molecule has 386 valence electrons. The average molecular weight is 936 g/mol. The molecule has 67 heavy (non-hydrogen) atoms. The van der Waals surface area contributed by atoms with Crippen molar-refractivity contribution in [1.82, 2.24) is 0 Å². The van der Waals surface area contributed by atoms with Crippen LogP contribution in [-0.4, -0.2) is 37.2 Å². The number of carbonyl (C=O) groups is 3. The highest BCUT2D eigenvalue weighted by Crippen LogP contribution is 2.16. The van der Waals surface area contributed by atoms with Gasteiger partial charge in [-0.1, -0.05) is 261 Å². The zero-order valence-electron chi connectivity index (χ0n) is 44.2. The van der Waals surface area contributed by atoms with E-state index in [-0.39, 0.29) is 31.1 Å². The summed E-state index contributed by atoms with van der Waals surface area (Å²) in [4.78, 5) is 37.9. The molecular weight excluding hydrogens is 829 g/mol. The van der Waals surface area contributed by atoms with Gasteiger partial charge in [0.05, 0.1) is 0 Å². The van der Waals surface area contributed by atoms with Gasteiger partial charge in [-0.05, 0) is 70.6 Å². The minimum atomic E-state index is -0.781. The van der Waals surface area contributed by atoms with Crippen LogP contribution in [0.3, 0.4) is 0 Å². The highest BCUT2D eigenvalue weighted by molar-refractivity contribution is 5.71. The Balaban J connectivity index is 4.20. The lowest BCUT2D eigenvalue weighted by Gasteiger charge is -2.18. The second-order valence-corrected chi connectivity index (χ2v) is 18.8. The first-order valence-electron chi connectivity index (χ1n) is 28.4. The van der Waals surface area contributed by atoms with Gasteiger partial charge in [0.1, 0.15) is 13.2 Å². The molecule has 6 nitrogen and oxygen atoms in total. The third kappa shape index (κ3) is 53.7. The summed E-state index contributed by atoms with van der Waals surface area (Å²) in [5, 5.41) is 0. The number of hydrogen-bond acceptors (Lipinski definition) is 6. The van der Waals surface area contributed by atoms with Crippen LogP contribution in [0.15, 0.2) is 72.9 Å². The number of hydrogen-bond donors (Lipinski definition) is 0. The van der Waals surface area contributed by atoms with Crippen molar-refractivity contribution in [2.45, 2.75) is 284 Å². The number of allylic oxidation sites excluding steroid dienone is 12. The molecular formula is C61H106O6. The second kappa shape index (κ2) is 55.4. The highest BCUT2D eigenvalue weighted by Gasteiger charge is 2.19. The van der Waals surface area contributed by atoms with Crippen molar-refractivity contribution < 1.29 is 28.6 Å². The van der Waals surface area contributed by atoms with Crippen LogP contribution in [0.5, 0.6) is 0 Å². The fourth-order valence-corrected chi connectivity index (χ4v) is 7.98. The zero-order valence-corrected chi connectivity index (χ0v) is 44.2. The third-order valence-electron chi connectivity index (χ3n) is 12.2. The lowest BCUT2D eigenvalue weighted by Crippen LogP contribution is -2.30. The van der Waals surface area contributed by atoms with Gasteiger partial charge in [-0.2, -0.15) is 0 Å². The Kier molecular flexibility index (Phi) is 52.8. The first-order valence-corrected chi connectivity index (χ1v) is 28.4. The van der Waals surface area contributed by atoms with Crippen LogP contribution in [0, 0.1) is 0 Å². The van der Waals surface area contributed by atoms with E-state index in [1.165, 1.54) is 128 Å². The predicted octanol–water partition coefficient (Wildman–Crippen LogP) is 19.0. The van der Waals surface area contributed by atoms with Crippen molar-refractivity contribution in [3.8, 4) is 0 Å². The predicted molar refractivity (Wildman–Crippen MR) is 288 cm³/mol. The molecule has 0 heterocycles. The fraction of sp³-hybridized carbons (Fsp3) is 0.754. The van der Waals surface area contributed by atoms with E-state index in [1.807, 2.05) is 0 Å². The molecule has 0 N–H and O–H groups in total. The Morgan fingerprint density at radius 1 is 0.313 bits per heavy atom. The van der Waals surface area contributed by atoms with Gasteiger partial charge in [0, 0.05) is 19.3 Å². The van der Waals surface area contributed by atoms with E-state index in [9.17, 15) is 14.4 Å². The molecule has 1 unspecified atom stereocenters. The van der Waals surface area contributed by atoms with E-state index < -0.39 is 6.10 Å². The molecule has 6 heteroatoms. The maximum Gasteiger partial charge on any atom is 0.306 e. The summed E-state index contributed by atoms with van der Waals surface area (Å²) in [5.41, 5.74) is 0. The monoisotopic (exact) mass is 935 g/mol. The minimum absolute atomic E-state index is 0.0818. The lowest BCUT2D eigenvalue weighted by atomic mass is 10.0. The maximum absolute atomic E-state index is 12.8. The molecule has 0 spiro atoms. The molecule has 0 aliphatic rings. The molecule has 0 amide bonds. The van der Waals surface area contributed by atoms with Crippen LogP contribution in [0.1, 0.15) is 278 Å². The van der Waals surface area contributed by atoms with E-state index in [1.54, 1.807) is 0 Å². The number of carbonyl (C=O) groups excluding carboxylic acids is 3. The molecule has 0 aliphatic carbocycles. The van der Waals surface area contributed by atoms with Crippen molar-refractivity contribution in [3.05, 3.63) is 72.9 Å². The van der Waals surface area contributed by atoms with Crippen molar-refractivity contribution >= 4 is 17.9 Å². The van der Waals surface area contributed by atoms with Crippen LogP contribution >= 0.6 is 0 Å². The smallest absolute Gasteiger partial charge is 0.306 e. The van der Waals surface area contributed by atoms with Gasteiger partial charge in [-0.15, -0.1) is 0 Å². The quantitative estimate of drug-likeness (QED) is 0.0262. The van der Waals surface area contributed by atoms with Crippen molar-refractivity contribution in [2.24, 2.45) is 0 Å². The van der Waals surface area contributed by atoms with Crippen LogP contribution in [0.25, 0.3) is 0 Å². The summed E-state index contributed by atoms with van der Waals surface area (Å²) in [7, 11) is 0. The SMILES string of the molecule is CC/C=C\C/C=C\C/C=C\C/C=C\C/C=C\C/C=C\CCCCCCC(=O)OCC(COC(=O)CCCCCCCC)OC(=O)CCCCCCCCCCCCCCCCCCCCCC. The normalized spacial score (nSPS) is 12.6. The van der Waals surface area contributed by atoms with E-state index in [0.717, 1.165) is 109 Å². The average Bonchev–Trinajstić information content (AvgIpc) is 3.33. The van der Waals surface area contributed by atoms with Crippen LogP contribution < -0.4 is 0 Å². The Hall–Kier alpha value is -3.15. The topological polar surface area (TPSA) is 78.9 Å². The molecule has 0 radical (unpaired) electrons. The molecule has 0 fully saturated rings. The number of ether oxygens (including phenoxy) is 3. The number of esters is 3. The van der Waals surface area contributed by atoms with Gasteiger partial charge in [0.25, 0.3) is 0 Å². The Morgan fingerprint density at radius 2 is 0.582 bits per heavy atom. The Labute approximate surface area is 414 Å². The van der Waals surface area contributed by atoms with E-state index in [2.05, 4.69) is 93.7 Å². The number of rotatable bonds is 51. The molecule has 0 rings (SSSR count). The molecule has 0 aromatic heterocycles. The van der Waals surface area contributed by atoms with Crippen molar-refractivity contribution in [1.29, 1.82) is 0 Å². The molecule has 0 aromatic carbocycles. The maximum atomic E-state index is 12.8. The number of unbranched alkanes of at least 4 members (excludes halogenated alkanes) is 28. The molecule has 1 atom stereocenters. The van der Waals surface area contributed by atoms with Crippen LogP contribution in [-0.2, 0) is 28.6 Å². The molecule has 0 aromatic rings. The van der Waals surface area contributed by atoms with E-state index >= 15 is 0 Å². The van der Waals surface area contributed by atoms with E-state index in [4.69, 9.17) is 14.2 Å². The lowest BCUT2D eigenvalue weighted by molar-refractivity contribution is -0.167. The van der Waals surface area contributed by atoms with Crippen LogP contribution in [0.2, 0.25) is 0 Å². The van der Waals surface area contributed by atoms with Gasteiger partial charge < -0.3 is 14.2 Å². The van der Waals surface area contributed by atoms with Crippen molar-refractivity contribution in [2.75, 3.05) is 13.2 Å². The van der Waals surface area contributed by atoms with Gasteiger partial charge in [-0.25, -0.2) is 0 Å². The standard InChI is InChI=1S/C61H106O6/c1-4-7-10-13-16-18-20-22-24-26-28-30-31-32-34-35-37-39-41-43-45-48-51-54-60(63)66-57-58(56-65-59(62)53-50-47-15-12-9-6-3)67-61(64)55-52-49-46-44-42-40-38-36-33-29-27-25-23-21-19-17-14-11-8-5-2/h7,10,16,18,22,24,28,30,32,34,37,39,58H,4-6,8-9,11-15,17,19-21,23,25-27,29,31,33,35-36,38,40-57H2,1-3H3/b10-7-,18-16-,24-22-,30-28-,34-32-,39-37-. The first-order chi connectivity index (χ1) is 33.0.